The van der Waals surface area contributed by atoms with E-state index in [0.717, 1.165) is 5.56 Å². The number of halogens is 1. The summed E-state index contributed by atoms with van der Waals surface area (Å²) in [7, 11) is -2.01. The minimum Gasteiger partial charge on any atom is -0.347 e. The first-order valence-electron chi connectivity index (χ1n) is 5.63. The van der Waals surface area contributed by atoms with Gasteiger partial charge in [-0.15, -0.1) is 11.6 Å². The fraction of sp³-hybridized carbons (Fsp3) is 0.250. The van der Waals surface area contributed by atoms with Gasteiger partial charge in [-0.2, -0.15) is 4.31 Å². The third kappa shape index (κ3) is 3.15. The molecule has 0 fully saturated rings. The number of nitrogens with one attached hydrogen (secondary N) is 1. The smallest absolute Gasteiger partial charge is 0.243 e. The molecule has 0 saturated heterocycles. The van der Waals surface area contributed by atoms with E-state index in [2.05, 4.69) is 9.97 Å². The van der Waals surface area contributed by atoms with Crippen molar-refractivity contribution in [2.75, 3.05) is 7.05 Å². The Balaban J connectivity index is 2.25. The van der Waals surface area contributed by atoms with Crippen LogP contribution in [0.4, 0.5) is 0 Å². The first kappa shape index (κ1) is 14.0. The first-order valence-corrected chi connectivity index (χ1v) is 7.61. The highest BCUT2D eigenvalue weighted by molar-refractivity contribution is 7.89. The average molecular weight is 300 g/mol. The number of hydrogen-bond donors (Lipinski definition) is 1. The molecule has 0 aliphatic heterocycles. The van der Waals surface area contributed by atoms with Crippen LogP contribution in [0.3, 0.4) is 0 Å². The number of aromatic nitrogens is 2. The average Bonchev–Trinajstić information content (AvgIpc) is 2.91. The molecule has 102 valence electrons. The highest BCUT2D eigenvalue weighted by Crippen LogP contribution is 2.18. The Kier molecular flexibility index (Phi) is 4.24. The van der Waals surface area contributed by atoms with E-state index in [-0.39, 0.29) is 17.3 Å². The molecule has 0 aliphatic rings. The summed E-state index contributed by atoms with van der Waals surface area (Å²) in [5.74, 6) is 0.880. The van der Waals surface area contributed by atoms with E-state index in [1.54, 1.807) is 36.7 Å². The topological polar surface area (TPSA) is 66.1 Å². The van der Waals surface area contributed by atoms with Crippen molar-refractivity contribution in [1.29, 1.82) is 0 Å². The summed E-state index contributed by atoms with van der Waals surface area (Å²) in [5, 5.41) is 0. The molecule has 1 heterocycles. The van der Waals surface area contributed by atoms with Crippen LogP contribution in [0.25, 0.3) is 0 Å². The van der Waals surface area contributed by atoms with Crippen molar-refractivity contribution in [2.45, 2.75) is 17.3 Å². The molecule has 2 rings (SSSR count). The number of benzene rings is 1. The fourth-order valence-corrected chi connectivity index (χ4v) is 3.02. The molecule has 0 spiro atoms. The van der Waals surface area contributed by atoms with Crippen LogP contribution in [-0.2, 0) is 22.4 Å². The second-order valence-electron chi connectivity index (χ2n) is 4.08. The van der Waals surface area contributed by atoms with Gasteiger partial charge in [-0.3, -0.25) is 0 Å². The number of aromatic amines is 1. The standard InChI is InChI=1S/C12H14ClN3O2S/c1-16(9-12-14-5-6-15-12)19(17,18)11-4-2-3-10(7-11)8-13/h2-7H,8-9H2,1H3,(H,14,15). The number of sulfonamides is 1. The van der Waals surface area contributed by atoms with Crippen molar-refractivity contribution in [3.63, 3.8) is 0 Å². The van der Waals surface area contributed by atoms with Gasteiger partial charge in [0, 0.05) is 25.3 Å². The summed E-state index contributed by atoms with van der Waals surface area (Å²) in [6, 6.07) is 6.62. The second-order valence-corrected chi connectivity index (χ2v) is 6.39. The summed E-state index contributed by atoms with van der Waals surface area (Å²) < 4.78 is 26.0. The lowest BCUT2D eigenvalue weighted by Crippen LogP contribution is -2.27. The van der Waals surface area contributed by atoms with Crippen LogP contribution in [0.1, 0.15) is 11.4 Å². The minimum atomic E-state index is -3.53. The Morgan fingerprint density at radius 3 is 2.84 bits per heavy atom. The maximum atomic E-state index is 12.4. The molecule has 1 aromatic heterocycles. The molecule has 7 heteroatoms. The third-order valence-corrected chi connectivity index (χ3v) is 4.80. The predicted molar refractivity (Wildman–Crippen MR) is 73.2 cm³/mol. The minimum absolute atomic E-state index is 0.195. The van der Waals surface area contributed by atoms with Gasteiger partial charge < -0.3 is 4.98 Å². The molecule has 1 aromatic carbocycles. The second kappa shape index (κ2) is 5.73. The molecule has 0 radical (unpaired) electrons. The van der Waals surface area contributed by atoms with E-state index >= 15 is 0 Å². The van der Waals surface area contributed by atoms with Gasteiger partial charge in [0.05, 0.1) is 11.4 Å². The van der Waals surface area contributed by atoms with Crippen LogP contribution >= 0.6 is 11.6 Å². The van der Waals surface area contributed by atoms with Crippen molar-refractivity contribution >= 4 is 21.6 Å². The summed E-state index contributed by atoms with van der Waals surface area (Å²) in [5.41, 5.74) is 0.772. The van der Waals surface area contributed by atoms with Crippen molar-refractivity contribution in [1.82, 2.24) is 14.3 Å². The Hall–Kier alpha value is -1.37. The molecule has 0 unspecified atom stereocenters. The van der Waals surface area contributed by atoms with Gasteiger partial charge in [0.1, 0.15) is 5.82 Å². The Morgan fingerprint density at radius 2 is 2.21 bits per heavy atom. The number of H-pyrrole nitrogens is 1. The van der Waals surface area contributed by atoms with Gasteiger partial charge in [0.15, 0.2) is 0 Å². The fourth-order valence-electron chi connectivity index (χ4n) is 1.65. The predicted octanol–water partition coefficient (Wildman–Crippen LogP) is 1.97. The lowest BCUT2D eigenvalue weighted by atomic mass is 10.2. The highest BCUT2D eigenvalue weighted by atomic mass is 35.5. The van der Waals surface area contributed by atoms with Gasteiger partial charge in [-0.1, -0.05) is 12.1 Å². The lowest BCUT2D eigenvalue weighted by Gasteiger charge is -2.16. The maximum absolute atomic E-state index is 12.4. The van der Waals surface area contributed by atoms with Gasteiger partial charge >= 0.3 is 0 Å². The van der Waals surface area contributed by atoms with Crippen LogP contribution in [0, 0.1) is 0 Å². The molecule has 1 N–H and O–H groups in total. The highest BCUT2D eigenvalue weighted by Gasteiger charge is 2.21. The number of hydrogen-bond acceptors (Lipinski definition) is 3. The van der Waals surface area contributed by atoms with E-state index in [1.165, 1.54) is 11.4 Å². The zero-order chi connectivity index (χ0) is 13.9. The molecule has 0 amide bonds. The Labute approximate surface area is 117 Å². The number of rotatable bonds is 5. The SMILES string of the molecule is CN(Cc1ncc[nH]1)S(=O)(=O)c1cccc(CCl)c1. The first-order chi connectivity index (χ1) is 9.04. The molecular weight excluding hydrogens is 286 g/mol. The molecule has 19 heavy (non-hydrogen) atoms. The van der Waals surface area contributed by atoms with Crippen molar-refractivity contribution < 1.29 is 8.42 Å². The van der Waals surface area contributed by atoms with Gasteiger partial charge in [-0.05, 0) is 17.7 Å². The third-order valence-electron chi connectivity index (χ3n) is 2.69. The van der Waals surface area contributed by atoms with Gasteiger partial charge in [0.25, 0.3) is 0 Å². The number of imidazole rings is 1. The number of nitrogens with zero attached hydrogens (tertiary/aromatic N) is 2. The summed E-state index contributed by atoms with van der Waals surface area (Å²) in [6.07, 6.45) is 3.24. The molecule has 0 saturated carbocycles. The molecular formula is C12H14ClN3O2S. The van der Waals surface area contributed by atoms with Gasteiger partial charge in [-0.25, -0.2) is 13.4 Å². The quantitative estimate of drug-likeness (QED) is 0.858. The lowest BCUT2D eigenvalue weighted by molar-refractivity contribution is 0.458. The summed E-state index contributed by atoms with van der Waals surface area (Å²) in [6.45, 7) is 0.195. The van der Waals surface area contributed by atoms with Crippen LogP contribution in [0.2, 0.25) is 0 Å². The van der Waals surface area contributed by atoms with Gasteiger partial charge in [0.2, 0.25) is 10.0 Å². The van der Waals surface area contributed by atoms with Crippen molar-refractivity contribution in [2.24, 2.45) is 0 Å². The number of alkyl halides is 1. The maximum Gasteiger partial charge on any atom is 0.243 e. The molecule has 0 atom stereocenters. The van der Waals surface area contributed by atoms with E-state index in [4.69, 9.17) is 11.6 Å². The molecule has 0 bridgehead atoms. The van der Waals surface area contributed by atoms with Crippen molar-refractivity contribution in [3.05, 3.63) is 48.0 Å². The zero-order valence-electron chi connectivity index (χ0n) is 10.4. The summed E-state index contributed by atoms with van der Waals surface area (Å²) in [4.78, 5) is 7.13. The van der Waals surface area contributed by atoms with Crippen molar-refractivity contribution in [3.8, 4) is 0 Å². The van der Waals surface area contributed by atoms with E-state index in [9.17, 15) is 8.42 Å². The van der Waals surface area contributed by atoms with E-state index < -0.39 is 10.0 Å². The van der Waals surface area contributed by atoms with Crippen LogP contribution in [0.15, 0.2) is 41.6 Å². The van der Waals surface area contributed by atoms with E-state index in [1.807, 2.05) is 0 Å². The Morgan fingerprint density at radius 1 is 1.42 bits per heavy atom. The monoisotopic (exact) mass is 299 g/mol. The molecule has 5 nitrogen and oxygen atoms in total. The molecule has 2 aromatic rings. The zero-order valence-corrected chi connectivity index (χ0v) is 11.9. The largest absolute Gasteiger partial charge is 0.347 e. The molecule has 0 aliphatic carbocycles. The Bertz CT molecular complexity index is 641. The van der Waals surface area contributed by atoms with Crippen LogP contribution < -0.4 is 0 Å². The van der Waals surface area contributed by atoms with E-state index in [0.29, 0.717) is 5.82 Å². The summed E-state index contributed by atoms with van der Waals surface area (Å²) >= 11 is 5.72. The van der Waals surface area contributed by atoms with Crippen LogP contribution in [-0.4, -0.2) is 29.7 Å². The normalized spacial score (nSPS) is 11.9. The van der Waals surface area contributed by atoms with Crippen LogP contribution in [0.5, 0.6) is 0 Å².